The van der Waals surface area contributed by atoms with Gasteiger partial charge in [0.2, 0.25) is 0 Å². The van der Waals surface area contributed by atoms with Gasteiger partial charge in [-0.2, -0.15) is 0 Å². The first-order valence-corrected chi connectivity index (χ1v) is 3.49. The molecule has 0 aliphatic rings. The van der Waals surface area contributed by atoms with E-state index in [-0.39, 0.29) is 12.8 Å². The van der Waals surface area contributed by atoms with Gasteiger partial charge in [0.1, 0.15) is 5.06 Å². The molecule has 2 N–H and O–H groups in total. The van der Waals surface area contributed by atoms with Crippen molar-refractivity contribution in [2.45, 2.75) is 31.2 Å². The van der Waals surface area contributed by atoms with Crippen molar-refractivity contribution in [2.24, 2.45) is 0 Å². The van der Waals surface area contributed by atoms with Crippen LogP contribution in [-0.4, -0.2) is 21.2 Å². The molecule has 0 saturated heterocycles. The summed E-state index contributed by atoms with van der Waals surface area (Å²) >= 11 is 5.46. The number of carboxylic acid groups (broad SMARTS) is 1. The molecule has 0 heterocycles. The summed E-state index contributed by atoms with van der Waals surface area (Å²) in [6.07, 6.45) is 0.371. The third-order valence-corrected chi connectivity index (χ3v) is 1.72. The Kier molecular flexibility index (Phi) is 3.68. The molecule has 0 aromatic carbocycles. The van der Waals surface area contributed by atoms with Crippen LogP contribution in [0.3, 0.4) is 0 Å². The van der Waals surface area contributed by atoms with Gasteiger partial charge in [0, 0.05) is 12.8 Å². The maximum Gasteiger partial charge on any atom is 0.303 e. The van der Waals surface area contributed by atoms with Gasteiger partial charge < -0.3 is 10.2 Å². The van der Waals surface area contributed by atoms with E-state index < -0.39 is 11.0 Å². The summed E-state index contributed by atoms with van der Waals surface area (Å²) in [5.74, 6) is -0.937. The fourth-order valence-corrected chi connectivity index (χ4v) is 0.570. The number of aliphatic carboxylic acids is 1. The molecule has 0 fully saturated rings. The average molecular weight is 167 g/mol. The molecule has 0 aliphatic carbocycles. The number of carboxylic acids is 1. The minimum Gasteiger partial charge on any atom is -0.481 e. The summed E-state index contributed by atoms with van der Waals surface area (Å²) in [7, 11) is 0. The van der Waals surface area contributed by atoms with Crippen LogP contribution in [-0.2, 0) is 4.79 Å². The van der Waals surface area contributed by atoms with Gasteiger partial charge in [-0.1, -0.05) is 18.5 Å². The molecular weight excluding hydrogens is 156 g/mol. The molecule has 0 aliphatic heterocycles. The molecule has 0 amide bonds. The minimum atomic E-state index is -1.33. The highest BCUT2D eigenvalue weighted by Crippen LogP contribution is 2.21. The number of carbonyl (C=O) groups is 1. The highest BCUT2D eigenvalue weighted by Gasteiger charge is 2.21. The zero-order valence-corrected chi connectivity index (χ0v) is 6.56. The van der Waals surface area contributed by atoms with E-state index in [9.17, 15) is 4.79 Å². The van der Waals surface area contributed by atoms with Crippen molar-refractivity contribution in [3.05, 3.63) is 0 Å². The zero-order chi connectivity index (χ0) is 8.20. The lowest BCUT2D eigenvalue weighted by molar-refractivity contribution is -0.137. The Labute approximate surface area is 64.6 Å². The maximum absolute atomic E-state index is 9.99. The van der Waals surface area contributed by atoms with Crippen molar-refractivity contribution in [3.8, 4) is 0 Å². The smallest absolute Gasteiger partial charge is 0.303 e. The van der Waals surface area contributed by atoms with E-state index in [1.54, 1.807) is 6.92 Å². The van der Waals surface area contributed by atoms with Crippen molar-refractivity contribution >= 4 is 17.6 Å². The monoisotopic (exact) mass is 166 g/mol. The Morgan fingerprint density at radius 2 is 2.20 bits per heavy atom. The number of hydrogen-bond acceptors (Lipinski definition) is 2. The topological polar surface area (TPSA) is 57.5 Å². The molecular formula is C6H11ClO3. The number of hydrogen-bond donors (Lipinski definition) is 2. The van der Waals surface area contributed by atoms with Gasteiger partial charge in [0.15, 0.2) is 0 Å². The number of rotatable bonds is 4. The molecule has 10 heavy (non-hydrogen) atoms. The predicted octanol–water partition coefficient (Wildman–Crippen LogP) is 1.19. The lowest BCUT2D eigenvalue weighted by Gasteiger charge is -2.16. The van der Waals surface area contributed by atoms with E-state index in [1.165, 1.54) is 0 Å². The third-order valence-electron chi connectivity index (χ3n) is 1.26. The number of aliphatic hydroxyl groups is 1. The Balaban J connectivity index is 3.56. The quantitative estimate of drug-likeness (QED) is 0.617. The summed E-state index contributed by atoms with van der Waals surface area (Å²) in [5.41, 5.74) is 0. The SMILES string of the molecule is CCC(O)(Cl)CCC(=O)O. The van der Waals surface area contributed by atoms with E-state index in [0.29, 0.717) is 6.42 Å². The summed E-state index contributed by atoms with van der Waals surface area (Å²) in [5, 5.41) is 15.9. The number of alkyl halides is 1. The van der Waals surface area contributed by atoms with Crippen LogP contribution in [0.1, 0.15) is 26.2 Å². The third kappa shape index (κ3) is 4.58. The van der Waals surface area contributed by atoms with Crippen LogP contribution in [0.2, 0.25) is 0 Å². The standard InChI is InChI=1S/C6H11ClO3/c1-2-6(7,10)4-3-5(8)9/h10H,2-4H2,1H3,(H,8,9). The van der Waals surface area contributed by atoms with E-state index in [4.69, 9.17) is 21.8 Å². The molecule has 60 valence electrons. The van der Waals surface area contributed by atoms with Crippen LogP contribution in [0.15, 0.2) is 0 Å². The molecule has 0 bridgehead atoms. The largest absolute Gasteiger partial charge is 0.481 e. The van der Waals surface area contributed by atoms with Crippen molar-refractivity contribution in [3.63, 3.8) is 0 Å². The molecule has 3 nitrogen and oxygen atoms in total. The second-order valence-electron chi connectivity index (χ2n) is 2.17. The fraction of sp³-hybridized carbons (Fsp3) is 0.833. The van der Waals surface area contributed by atoms with Crippen LogP contribution in [0, 0.1) is 0 Å². The van der Waals surface area contributed by atoms with Crippen LogP contribution < -0.4 is 0 Å². The Hall–Kier alpha value is -0.280. The van der Waals surface area contributed by atoms with Crippen LogP contribution >= 0.6 is 11.6 Å². The summed E-state index contributed by atoms with van der Waals surface area (Å²) in [6, 6.07) is 0. The van der Waals surface area contributed by atoms with Gasteiger partial charge in [-0.05, 0) is 6.42 Å². The lowest BCUT2D eigenvalue weighted by atomic mass is 10.1. The van der Waals surface area contributed by atoms with Gasteiger partial charge in [-0.15, -0.1) is 0 Å². The van der Waals surface area contributed by atoms with Gasteiger partial charge in [0.25, 0.3) is 0 Å². The number of halogens is 1. The first-order valence-electron chi connectivity index (χ1n) is 3.11. The molecule has 0 saturated carbocycles. The maximum atomic E-state index is 9.99. The minimum absolute atomic E-state index is 0.0894. The van der Waals surface area contributed by atoms with E-state index >= 15 is 0 Å². The molecule has 0 aromatic rings. The molecule has 1 unspecified atom stereocenters. The molecule has 0 spiro atoms. The second kappa shape index (κ2) is 3.78. The summed E-state index contributed by atoms with van der Waals surface area (Å²) in [6.45, 7) is 1.70. The average Bonchev–Trinajstić information content (AvgIpc) is 1.85. The predicted molar refractivity (Wildman–Crippen MR) is 38.0 cm³/mol. The molecule has 0 aromatic heterocycles. The Morgan fingerprint density at radius 3 is 2.50 bits per heavy atom. The summed E-state index contributed by atoms with van der Waals surface area (Å²) in [4.78, 5) is 9.99. The van der Waals surface area contributed by atoms with Gasteiger partial charge >= 0.3 is 5.97 Å². The normalized spacial score (nSPS) is 16.3. The molecule has 0 radical (unpaired) electrons. The fourth-order valence-electron chi connectivity index (χ4n) is 0.475. The molecule has 1 atom stereocenters. The van der Waals surface area contributed by atoms with Crippen LogP contribution in [0.25, 0.3) is 0 Å². The highest BCUT2D eigenvalue weighted by molar-refractivity contribution is 6.22. The zero-order valence-electron chi connectivity index (χ0n) is 5.80. The van der Waals surface area contributed by atoms with Gasteiger partial charge in [0.05, 0.1) is 0 Å². The Bertz CT molecular complexity index is 122. The van der Waals surface area contributed by atoms with E-state index in [2.05, 4.69) is 0 Å². The van der Waals surface area contributed by atoms with E-state index in [1.807, 2.05) is 0 Å². The first kappa shape index (κ1) is 9.72. The van der Waals surface area contributed by atoms with Crippen molar-refractivity contribution in [1.29, 1.82) is 0 Å². The first-order chi connectivity index (χ1) is 4.48. The molecule has 4 heteroatoms. The van der Waals surface area contributed by atoms with Gasteiger partial charge in [-0.25, -0.2) is 0 Å². The lowest BCUT2D eigenvalue weighted by Crippen LogP contribution is -2.20. The van der Waals surface area contributed by atoms with Crippen molar-refractivity contribution in [2.75, 3.05) is 0 Å². The Morgan fingerprint density at radius 1 is 1.70 bits per heavy atom. The van der Waals surface area contributed by atoms with Crippen molar-refractivity contribution < 1.29 is 15.0 Å². The second-order valence-corrected chi connectivity index (χ2v) is 2.87. The van der Waals surface area contributed by atoms with Crippen molar-refractivity contribution in [1.82, 2.24) is 0 Å². The van der Waals surface area contributed by atoms with Crippen LogP contribution in [0.5, 0.6) is 0 Å². The highest BCUT2D eigenvalue weighted by atomic mass is 35.5. The van der Waals surface area contributed by atoms with Crippen LogP contribution in [0.4, 0.5) is 0 Å². The van der Waals surface area contributed by atoms with E-state index in [0.717, 1.165) is 0 Å². The van der Waals surface area contributed by atoms with Gasteiger partial charge in [-0.3, -0.25) is 4.79 Å². The summed E-state index contributed by atoms with van der Waals surface area (Å²) < 4.78 is 0. The molecule has 0 rings (SSSR count).